The van der Waals surface area contributed by atoms with E-state index >= 15 is 0 Å². The van der Waals surface area contributed by atoms with E-state index in [2.05, 4.69) is 67.3 Å². The lowest BCUT2D eigenvalue weighted by Crippen LogP contribution is -2.32. The lowest BCUT2D eigenvalue weighted by molar-refractivity contribution is 0.188. The predicted octanol–water partition coefficient (Wildman–Crippen LogP) is 7.24. The Hall–Kier alpha value is -3.11. The van der Waals surface area contributed by atoms with Crippen LogP contribution in [0.2, 0.25) is 5.02 Å². The third-order valence-electron chi connectivity index (χ3n) is 6.69. The standard InChI is InChI=1S/C31H31ClN4O2S2/c1-34(2)21-29(22-10-5-4-6-11-22)35(3)20-24-19-28(36(33-24)27-15-8-7-14-26(27)32)31-17-16-30(39-31)23-12-9-13-25(18-23)40(37)38/h4-19,29H,20-21H2,1-3H3,(H,37,38). The van der Waals surface area contributed by atoms with Gasteiger partial charge in [0.15, 0.2) is 11.1 Å². The van der Waals surface area contributed by atoms with Crippen molar-refractivity contribution >= 4 is 34.0 Å². The Morgan fingerprint density at radius 2 is 1.65 bits per heavy atom. The molecule has 5 aromatic rings. The van der Waals surface area contributed by atoms with Crippen LogP contribution in [0.4, 0.5) is 0 Å². The third kappa shape index (κ3) is 6.44. The third-order valence-corrected chi connectivity index (χ3v) is 8.82. The predicted molar refractivity (Wildman–Crippen MR) is 166 cm³/mol. The summed E-state index contributed by atoms with van der Waals surface area (Å²) in [6.07, 6.45) is 0. The fourth-order valence-corrected chi connectivity index (χ4v) is 6.41. The first-order valence-corrected chi connectivity index (χ1v) is 15.2. The smallest absolute Gasteiger partial charge is 0.186 e. The normalized spacial score (nSPS) is 13.2. The number of rotatable bonds is 10. The van der Waals surface area contributed by atoms with Crippen molar-refractivity contribution in [3.05, 3.63) is 113 Å². The Labute approximate surface area is 246 Å². The number of nitrogens with zero attached hydrogens (tertiary/aromatic N) is 4. The highest BCUT2D eigenvalue weighted by Gasteiger charge is 2.22. The number of hydrogen-bond donors (Lipinski definition) is 1. The van der Waals surface area contributed by atoms with Crippen LogP contribution in [0.1, 0.15) is 17.3 Å². The van der Waals surface area contributed by atoms with Crippen LogP contribution in [0.3, 0.4) is 0 Å². The van der Waals surface area contributed by atoms with Crippen molar-refractivity contribution in [3.8, 4) is 26.7 Å². The van der Waals surface area contributed by atoms with Crippen molar-refractivity contribution in [1.82, 2.24) is 19.6 Å². The summed E-state index contributed by atoms with van der Waals surface area (Å²) in [5.41, 5.74) is 4.85. The first-order chi connectivity index (χ1) is 19.3. The molecule has 2 aromatic heterocycles. The molecule has 9 heteroatoms. The fourth-order valence-electron chi connectivity index (χ4n) is 4.76. The Bertz CT molecular complexity index is 1620. The van der Waals surface area contributed by atoms with E-state index in [9.17, 15) is 8.76 Å². The van der Waals surface area contributed by atoms with E-state index in [1.165, 1.54) is 5.56 Å². The molecule has 3 aromatic carbocycles. The van der Waals surface area contributed by atoms with Crippen LogP contribution in [0, 0.1) is 0 Å². The SMILES string of the molecule is CN(C)CC(c1ccccc1)N(C)Cc1cc(-c2ccc(-c3cccc(S(=O)O)c3)s2)n(-c2ccccc2Cl)n1. The minimum Gasteiger partial charge on any atom is -0.307 e. The molecule has 40 heavy (non-hydrogen) atoms. The van der Waals surface area contributed by atoms with Gasteiger partial charge < -0.3 is 9.45 Å². The number of hydrogen-bond acceptors (Lipinski definition) is 5. The lowest BCUT2D eigenvalue weighted by Gasteiger charge is -2.30. The van der Waals surface area contributed by atoms with Crippen LogP contribution in [0.15, 0.2) is 102 Å². The molecule has 0 spiro atoms. The summed E-state index contributed by atoms with van der Waals surface area (Å²) in [6, 6.07) is 31.9. The molecular weight excluding hydrogens is 560 g/mol. The quantitative estimate of drug-likeness (QED) is 0.174. The number of aromatic nitrogens is 2. The van der Waals surface area contributed by atoms with Gasteiger partial charge in [-0.25, -0.2) is 8.89 Å². The maximum Gasteiger partial charge on any atom is 0.186 e. The maximum atomic E-state index is 11.6. The summed E-state index contributed by atoms with van der Waals surface area (Å²) in [5, 5.41) is 5.66. The van der Waals surface area contributed by atoms with E-state index in [0.29, 0.717) is 16.5 Å². The summed E-state index contributed by atoms with van der Waals surface area (Å²) in [6.45, 7) is 1.53. The number of halogens is 1. The minimum atomic E-state index is -2.03. The second-order valence-electron chi connectivity index (χ2n) is 9.93. The number of likely N-dealkylation sites (N-methyl/N-ethyl adjacent to an activating group) is 2. The zero-order chi connectivity index (χ0) is 28.2. The molecule has 0 saturated heterocycles. The summed E-state index contributed by atoms with van der Waals surface area (Å²) in [4.78, 5) is 6.95. The highest BCUT2D eigenvalue weighted by Crippen LogP contribution is 2.37. The Balaban J connectivity index is 1.52. The van der Waals surface area contributed by atoms with Gasteiger partial charge in [0.1, 0.15) is 0 Å². The molecule has 1 N–H and O–H groups in total. The Morgan fingerprint density at radius 3 is 2.38 bits per heavy atom. The molecule has 206 valence electrons. The zero-order valence-corrected chi connectivity index (χ0v) is 25.0. The molecule has 0 bridgehead atoms. The highest BCUT2D eigenvalue weighted by molar-refractivity contribution is 7.79. The average Bonchev–Trinajstić information content (AvgIpc) is 3.60. The van der Waals surface area contributed by atoms with Crippen LogP contribution in [0.25, 0.3) is 26.7 Å². The molecule has 0 radical (unpaired) electrons. The van der Waals surface area contributed by atoms with E-state index in [4.69, 9.17) is 16.7 Å². The monoisotopic (exact) mass is 590 g/mol. The van der Waals surface area contributed by atoms with Gasteiger partial charge in [-0.3, -0.25) is 4.90 Å². The topological polar surface area (TPSA) is 61.6 Å². The first-order valence-electron chi connectivity index (χ1n) is 12.9. The summed E-state index contributed by atoms with van der Waals surface area (Å²) >= 11 is 6.23. The summed E-state index contributed by atoms with van der Waals surface area (Å²) in [5.74, 6) is 0. The van der Waals surface area contributed by atoms with Crippen molar-refractivity contribution in [2.75, 3.05) is 27.7 Å². The second kappa shape index (κ2) is 12.6. The van der Waals surface area contributed by atoms with Gasteiger partial charge in [-0.05, 0) is 74.7 Å². The van der Waals surface area contributed by atoms with E-state index in [0.717, 1.165) is 38.9 Å². The zero-order valence-electron chi connectivity index (χ0n) is 22.6. The Morgan fingerprint density at radius 1 is 0.925 bits per heavy atom. The van der Waals surface area contributed by atoms with Crippen LogP contribution in [-0.4, -0.2) is 56.0 Å². The molecule has 0 aliphatic carbocycles. The van der Waals surface area contributed by atoms with Crippen molar-refractivity contribution in [2.24, 2.45) is 0 Å². The van der Waals surface area contributed by atoms with Crippen molar-refractivity contribution in [1.29, 1.82) is 0 Å². The number of para-hydroxylation sites is 1. The van der Waals surface area contributed by atoms with Crippen LogP contribution >= 0.6 is 22.9 Å². The van der Waals surface area contributed by atoms with E-state index in [-0.39, 0.29) is 6.04 Å². The van der Waals surface area contributed by atoms with Gasteiger partial charge >= 0.3 is 0 Å². The molecule has 2 heterocycles. The molecule has 2 atom stereocenters. The van der Waals surface area contributed by atoms with Crippen molar-refractivity contribution < 1.29 is 8.76 Å². The molecule has 0 aliphatic rings. The summed E-state index contributed by atoms with van der Waals surface area (Å²) in [7, 11) is 6.32. The molecule has 0 amide bonds. The van der Waals surface area contributed by atoms with Gasteiger partial charge in [-0.15, -0.1) is 11.3 Å². The van der Waals surface area contributed by atoms with Gasteiger partial charge in [0.25, 0.3) is 0 Å². The lowest BCUT2D eigenvalue weighted by atomic mass is 10.1. The van der Waals surface area contributed by atoms with E-state index < -0.39 is 11.1 Å². The van der Waals surface area contributed by atoms with E-state index in [1.807, 2.05) is 47.1 Å². The number of benzene rings is 3. The van der Waals surface area contributed by atoms with Crippen molar-refractivity contribution in [3.63, 3.8) is 0 Å². The number of thiophene rings is 1. The molecule has 5 rings (SSSR count). The van der Waals surface area contributed by atoms with Crippen LogP contribution in [0.5, 0.6) is 0 Å². The molecule has 0 fully saturated rings. The molecule has 0 saturated carbocycles. The summed E-state index contributed by atoms with van der Waals surface area (Å²) < 4.78 is 23.1. The largest absolute Gasteiger partial charge is 0.307 e. The van der Waals surface area contributed by atoms with Gasteiger partial charge in [-0.1, -0.05) is 66.2 Å². The first kappa shape index (κ1) is 28.4. The van der Waals surface area contributed by atoms with Gasteiger partial charge in [0.05, 0.1) is 31.9 Å². The Kier molecular flexibility index (Phi) is 8.95. The molecule has 2 unspecified atom stereocenters. The fraction of sp³-hybridized carbons (Fsp3) is 0.194. The van der Waals surface area contributed by atoms with Gasteiger partial charge in [0, 0.05) is 24.0 Å². The molecule has 6 nitrogen and oxygen atoms in total. The van der Waals surface area contributed by atoms with Crippen LogP contribution in [-0.2, 0) is 17.6 Å². The second-order valence-corrected chi connectivity index (χ2v) is 12.4. The van der Waals surface area contributed by atoms with Crippen LogP contribution < -0.4 is 0 Å². The highest BCUT2D eigenvalue weighted by atomic mass is 35.5. The average molecular weight is 591 g/mol. The minimum absolute atomic E-state index is 0.197. The van der Waals surface area contributed by atoms with Crippen molar-refractivity contribution in [2.45, 2.75) is 17.5 Å². The molecule has 0 aliphatic heterocycles. The van der Waals surface area contributed by atoms with Gasteiger partial charge in [-0.2, -0.15) is 5.10 Å². The van der Waals surface area contributed by atoms with Gasteiger partial charge in [0.2, 0.25) is 0 Å². The van der Waals surface area contributed by atoms with E-state index in [1.54, 1.807) is 29.5 Å². The maximum absolute atomic E-state index is 11.6. The molecular formula is C31H31ClN4O2S2.